The third-order valence-corrected chi connectivity index (χ3v) is 9.69. The molecule has 2 aromatic carbocycles. The molecule has 0 spiro atoms. The summed E-state index contributed by atoms with van der Waals surface area (Å²) in [5.41, 5.74) is 4.30. The van der Waals surface area contributed by atoms with E-state index in [0.717, 1.165) is 46.5 Å². The maximum Gasteiger partial charge on any atom is 0.212 e. The highest BCUT2D eigenvalue weighted by molar-refractivity contribution is 7.89. The van der Waals surface area contributed by atoms with E-state index < -0.39 is 10.0 Å². The second-order valence-electron chi connectivity index (χ2n) is 10.4. The first-order chi connectivity index (χ1) is 18.2. The van der Waals surface area contributed by atoms with Crippen molar-refractivity contribution in [3.8, 4) is 33.0 Å². The Kier molecular flexibility index (Phi) is 7.82. The fourth-order valence-electron chi connectivity index (χ4n) is 5.44. The van der Waals surface area contributed by atoms with Crippen molar-refractivity contribution in [1.29, 1.82) is 5.26 Å². The number of benzene rings is 2. The minimum Gasteiger partial charge on any atom is -0.490 e. The minimum atomic E-state index is -3.43. The number of sulfonamides is 1. The fourth-order valence-corrected chi connectivity index (χ4v) is 7.77. The van der Waals surface area contributed by atoms with Crippen LogP contribution in [0.15, 0.2) is 36.4 Å². The lowest BCUT2D eigenvalue weighted by Gasteiger charge is -2.16. The van der Waals surface area contributed by atoms with Crippen LogP contribution in [0.3, 0.4) is 0 Å². The van der Waals surface area contributed by atoms with Gasteiger partial charge in [0, 0.05) is 17.2 Å². The summed E-state index contributed by atoms with van der Waals surface area (Å²) in [7, 11) is -3.43. The molecule has 1 heterocycles. The van der Waals surface area contributed by atoms with Gasteiger partial charge in [-0.1, -0.05) is 29.5 Å². The van der Waals surface area contributed by atoms with Gasteiger partial charge in [-0.3, -0.25) is 0 Å². The van der Waals surface area contributed by atoms with Crippen molar-refractivity contribution in [2.75, 3.05) is 5.75 Å². The van der Waals surface area contributed by atoms with Crippen LogP contribution < -0.4 is 9.46 Å². The molecule has 1 saturated carbocycles. The molecule has 0 saturated heterocycles. The minimum absolute atomic E-state index is 0.0316. The highest BCUT2D eigenvalue weighted by Gasteiger charge is 2.30. The van der Waals surface area contributed by atoms with Crippen LogP contribution in [0.4, 0.5) is 0 Å². The van der Waals surface area contributed by atoms with Gasteiger partial charge in [0.15, 0.2) is 0 Å². The Morgan fingerprint density at radius 3 is 2.74 bits per heavy atom. The summed E-state index contributed by atoms with van der Waals surface area (Å²) in [6.45, 7) is 3.84. The Hall–Kier alpha value is -2.84. The van der Waals surface area contributed by atoms with Crippen molar-refractivity contribution < 1.29 is 18.3 Å². The molecule has 200 valence electrons. The summed E-state index contributed by atoms with van der Waals surface area (Å²) in [6.07, 6.45) is 4.06. The number of rotatable bonds is 9. The first-order valence-corrected chi connectivity index (χ1v) is 15.5. The number of nitrogens with one attached hydrogen (secondary N) is 1. The number of nitriles is 1. The van der Waals surface area contributed by atoms with Gasteiger partial charge in [-0.05, 0) is 87.6 Å². The molecule has 3 aromatic rings. The molecule has 2 aliphatic carbocycles. The van der Waals surface area contributed by atoms with E-state index in [1.807, 2.05) is 38.1 Å². The SMILES string of the molecule is CC(C)Oc1ccc(-c2nnc(-c3cccc4c3CC[C@@H]4NS(=O)(=O)CCC3CC[C@@H](O)C3)s2)cc1C#N. The van der Waals surface area contributed by atoms with Crippen LogP contribution in [0.5, 0.6) is 5.75 Å². The molecule has 1 aromatic heterocycles. The van der Waals surface area contributed by atoms with Crippen molar-refractivity contribution in [2.45, 2.75) is 70.6 Å². The van der Waals surface area contributed by atoms with Crippen molar-refractivity contribution in [3.05, 3.63) is 53.1 Å². The molecule has 5 rings (SSSR count). The molecule has 0 amide bonds. The van der Waals surface area contributed by atoms with Gasteiger partial charge >= 0.3 is 0 Å². The summed E-state index contributed by atoms with van der Waals surface area (Å²) in [6, 6.07) is 13.3. The highest BCUT2D eigenvalue weighted by atomic mass is 32.2. The van der Waals surface area contributed by atoms with E-state index in [1.54, 1.807) is 12.1 Å². The summed E-state index contributed by atoms with van der Waals surface area (Å²) in [4.78, 5) is 0. The molecule has 2 N–H and O–H groups in total. The van der Waals surface area contributed by atoms with E-state index >= 15 is 0 Å². The van der Waals surface area contributed by atoms with Crippen molar-refractivity contribution in [3.63, 3.8) is 0 Å². The Morgan fingerprint density at radius 1 is 1.18 bits per heavy atom. The Morgan fingerprint density at radius 2 is 2.00 bits per heavy atom. The van der Waals surface area contributed by atoms with E-state index in [2.05, 4.69) is 21.0 Å². The molecule has 2 aliphatic rings. The predicted octanol–water partition coefficient (Wildman–Crippen LogP) is 4.99. The number of aliphatic hydroxyl groups is 1. The lowest BCUT2D eigenvalue weighted by Crippen LogP contribution is -2.30. The monoisotopic (exact) mass is 552 g/mol. The number of fused-ring (bicyclic) bond motifs is 1. The number of hydrogen-bond acceptors (Lipinski definition) is 8. The molecule has 0 aliphatic heterocycles. The van der Waals surface area contributed by atoms with Gasteiger partial charge in [-0.25, -0.2) is 13.1 Å². The molecular formula is C28H32N4O4S2. The zero-order valence-electron chi connectivity index (χ0n) is 21.6. The molecule has 0 radical (unpaired) electrons. The topological polar surface area (TPSA) is 125 Å². The molecule has 0 bridgehead atoms. The van der Waals surface area contributed by atoms with Gasteiger partial charge in [0.2, 0.25) is 10.0 Å². The summed E-state index contributed by atoms with van der Waals surface area (Å²) in [5.74, 6) is 0.909. The van der Waals surface area contributed by atoms with Gasteiger partial charge in [0.1, 0.15) is 21.8 Å². The molecule has 3 atom stereocenters. The lowest BCUT2D eigenvalue weighted by atomic mass is 10.0. The molecular weight excluding hydrogens is 520 g/mol. The fraction of sp³-hybridized carbons (Fsp3) is 0.464. The third-order valence-electron chi connectivity index (χ3n) is 7.27. The molecule has 1 unspecified atom stereocenters. The van der Waals surface area contributed by atoms with Gasteiger partial charge in [-0.15, -0.1) is 10.2 Å². The van der Waals surface area contributed by atoms with Crippen LogP contribution in [0.1, 0.15) is 68.7 Å². The maximum absolute atomic E-state index is 12.9. The van der Waals surface area contributed by atoms with Crippen molar-refractivity contribution >= 4 is 21.4 Å². The summed E-state index contributed by atoms with van der Waals surface area (Å²) < 4.78 is 34.4. The second-order valence-corrected chi connectivity index (χ2v) is 13.3. The Bertz CT molecular complexity index is 1460. The average molecular weight is 553 g/mol. The predicted molar refractivity (Wildman–Crippen MR) is 147 cm³/mol. The van der Waals surface area contributed by atoms with E-state index in [4.69, 9.17) is 4.74 Å². The smallest absolute Gasteiger partial charge is 0.212 e. The number of aromatic nitrogens is 2. The summed E-state index contributed by atoms with van der Waals surface area (Å²) in [5, 5.41) is 29.6. The zero-order valence-corrected chi connectivity index (χ0v) is 23.2. The normalized spacial score (nSPS) is 21.0. The first kappa shape index (κ1) is 26.8. The first-order valence-electron chi connectivity index (χ1n) is 13.1. The van der Waals surface area contributed by atoms with Crippen LogP contribution in [0.25, 0.3) is 21.1 Å². The van der Waals surface area contributed by atoms with Gasteiger partial charge < -0.3 is 9.84 Å². The van der Waals surface area contributed by atoms with E-state index in [0.29, 0.717) is 35.6 Å². The quantitative estimate of drug-likeness (QED) is 0.383. The van der Waals surface area contributed by atoms with E-state index in [-0.39, 0.29) is 29.9 Å². The van der Waals surface area contributed by atoms with Crippen LogP contribution in [-0.2, 0) is 16.4 Å². The maximum atomic E-state index is 12.9. The summed E-state index contributed by atoms with van der Waals surface area (Å²) >= 11 is 1.45. The van der Waals surface area contributed by atoms with Crippen LogP contribution >= 0.6 is 11.3 Å². The highest BCUT2D eigenvalue weighted by Crippen LogP contribution is 2.40. The van der Waals surface area contributed by atoms with Crippen LogP contribution in [0.2, 0.25) is 0 Å². The van der Waals surface area contributed by atoms with E-state index in [9.17, 15) is 18.8 Å². The number of aliphatic hydroxyl groups excluding tert-OH is 1. The van der Waals surface area contributed by atoms with Gasteiger partial charge in [0.25, 0.3) is 0 Å². The average Bonchev–Trinajstić information content (AvgIpc) is 3.63. The van der Waals surface area contributed by atoms with Gasteiger partial charge in [0.05, 0.1) is 23.5 Å². The van der Waals surface area contributed by atoms with Gasteiger partial charge in [-0.2, -0.15) is 5.26 Å². The third kappa shape index (κ3) is 5.91. The second kappa shape index (κ2) is 11.1. The molecule has 8 nitrogen and oxygen atoms in total. The number of nitrogens with zero attached hydrogens (tertiary/aromatic N) is 3. The number of ether oxygens (including phenoxy) is 1. The Labute approximate surface area is 227 Å². The van der Waals surface area contributed by atoms with E-state index in [1.165, 1.54) is 11.3 Å². The Balaban J connectivity index is 1.32. The molecule has 38 heavy (non-hydrogen) atoms. The zero-order chi connectivity index (χ0) is 26.9. The van der Waals surface area contributed by atoms with Crippen LogP contribution in [-0.4, -0.2) is 41.7 Å². The van der Waals surface area contributed by atoms with Crippen molar-refractivity contribution in [2.24, 2.45) is 5.92 Å². The molecule has 10 heteroatoms. The standard InChI is InChI=1S/C28H32N4O4S2/c1-17(2)36-26-11-7-19(15-20(26)16-29)27-30-31-28(37-27)24-5-3-4-23-22(24)9-10-25(23)32-38(34,35)13-12-18-6-8-21(33)14-18/h3-5,7,11,15,17-18,21,25,32-33H,6,8-10,12-14H2,1-2H3/t18?,21-,25+/m1/s1. The lowest BCUT2D eigenvalue weighted by molar-refractivity contribution is 0.177. The van der Waals surface area contributed by atoms with Crippen LogP contribution in [0, 0.1) is 17.2 Å². The van der Waals surface area contributed by atoms with Crippen molar-refractivity contribution in [1.82, 2.24) is 14.9 Å². The largest absolute Gasteiger partial charge is 0.490 e. The number of hydrogen-bond donors (Lipinski definition) is 2. The molecule has 1 fully saturated rings.